The Balaban J connectivity index is 1.48. The van der Waals surface area contributed by atoms with Crippen LogP contribution in [0, 0.1) is 0 Å². The SMILES string of the molecule is O=C(CN(c1cccc(Cl)c1Cl)S(=O)(=O)c1ccccc1)Nc1ccc2c(c1)oc1ccccc12. The molecule has 0 aliphatic rings. The molecule has 6 nitrogen and oxygen atoms in total. The van der Waals surface area contributed by atoms with Crippen LogP contribution in [0.25, 0.3) is 21.9 Å². The van der Waals surface area contributed by atoms with Crippen LogP contribution in [0.15, 0.2) is 100 Å². The van der Waals surface area contributed by atoms with Crippen molar-refractivity contribution in [2.45, 2.75) is 4.90 Å². The summed E-state index contributed by atoms with van der Waals surface area (Å²) in [4.78, 5) is 13.1. The first-order chi connectivity index (χ1) is 16.8. The molecule has 0 spiro atoms. The lowest BCUT2D eigenvalue weighted by atomic mass is 10.1. The molecule has 0 fully saturated rings. The molecule has 1 amide bonds. The highest BCUT2D eigenvalue weighted by Crippen LogP contribution is 2.35. The number of amides is 1. The zero-order valence-electron chi connectivity index (χ0n) is 18.1. The predicted molar refractivity (Wildman–Crippen MR) is 140 cm³/mol. The van der Waals surface area contributed by atoms with Crippen LogP contribution in [-0.4, -0.2) is 20.9 Å². The number of carbonyl (C=O) groups is 1. The summed E-state index contributed by atoms with van der Waals surface area (Å²) >= 11 is 12.5. The second kappa shape index (κ2) is 9.26. The minimum Gasteiger partial charge on any atom is -0.456 e. The molecule has 0 unspecified atom stereocenters. The Hall–Kier alpha value is -3.52. The fourth-order valence-electron chi connectivity index (χ4n) is 3.84. The minimum atomic E-state index is -4.12. The van der Waals surface area contributed by atoms with Gasteiger partial charge in [0.25, 0.3) is 10.0 Å². The Morgan fingerprint density at radius 3 is 2.34 bits per heavy atom. The molecule has 9 heteroatoms. The number of nitrogens with one attached hydrogen (secondary N) is 1. The Kier molecular flexibility index (Phi) is 6.15. The number of fused-ring (bicyclic) bond motifs is 3. The molecule has 5 rings (SSSR count). The second-order valence-electron chi connectivity index (χ2n) is 7.76. The van der Waals surface area contributed by atoms with E-state index in [-0.39, 0.29) is 20.6 Å². The highest BCUT2D eigenvalue weighted by atomic mass is 35.5. The molecular formula is C26H18Cl2N2O4S. The number of benzene rings is 4. The van der Waals surface area contributed by atoms with Gasteiger partial charge in [-0.2, -0.15) is 0 Å². The van der Waals surface area contributed by atoms with Gasteiger partial charge in [0.1, 0.15) is 17.7 Å². The summed E-state index contributed by atoms with van der Waals surface area (Å²) in [6.45, 7) is -0.518. The third-order valence-corrected chi connectivity index (χ3v) is 8.06. The zero-order valence-corrected chi connectivity index (χ0v) is 20.4. The van der Waals surface area contributed by atoms with Crippen LogP contribution in [0.4, 0.5) is 11.4 Å². The van der Waals surface area contributed by atoms with E-state index in [9.17, 15) is 13.2 Å². The maximum atomic E-state index is 13.5. The molecule has 1 heterocycles. The molecule has 0 aliphatic heterocycles. The van der Waals surface area contributed by atoms with Gasteiger partial charge in [-0.25, -0.2) is 8.42 Å². The van der Waals surface area contributed by atoms with Crippen molar-refractivity contribution in [1.82, 2.24) is 0 Å². The van der Waals surface area contributed by atoms with E-state index in [2.05, 4.69) is 5.32 Å². The van der Waals surface area contributed by atoms with E-state index in [0.29, 0.717) is 11.3 Å². The van der Waals surface area contributed by atoms with Crippen molar-refractivity contribution in [2.24, 2.45) is 0 Å². The maximum absolute atomic E-state index is 13.5. The third kappa shape index (κ3) is 4.46. The van der Waals surface area contributed by atoms with Gasteiger partial charge in [0, 0.05) is 22.5 Å². The number of rotatable bonds is 6. The molecule has 0 aliphatic carbocycles. The summed E-state index contributed by atoms with van der Waals surface area (Å²) in [5.74, 6) is -0.559. The number of sulfonamides is 1. The number of para-hydroxylation sites is 1. The number of hydrogen-bond acceptors (Lipinski definition) is 4. The van der Waals surface area contributed by atoms with Crippen molar-refractivity contribution in [1.29, 1.82) is 0 Å². The number of halogens is 2. The van der Waals surface area contributed by atoms with Crippen LogP contribution in [0.5, 0.6) is 0 Å². The molecule has 0 saturated carbocycles. The summed E-state index contributed by atoms with van der Waals surface area (Å²) in [7, 11) is -4.12. The van der Waals surface area contributed by atoms with E-state index in [1.54, 1.807) is 42.5 Å². The number of carbonyl (C=O) groups excluding carboxylic acids is 1. The van der Waals surface area contributed by atoms with E-state index >= 15 is 0 Å². The topological polar surface area (TPSA) is 79.6 Å². The zero-order chi connectivity index (χ0) is 24.6. The van der Waals surface area contributed by atoms with Crippen LogP contribution in [0.3, 0.4) is 0 Å². The van der Waals surface area contributed by atoms with Gasteiger partial charge in [0.15, 0.2) is 0 Å². The molecule has 0 atom stereocenters. The fraction of sp³-hybridized carbons (Fsp3) is 0.0385. The van der Waals surface area contributed by atoms with E-state index < -0.39 is 22.5 Å². The van der Waals surface area contributed by atoms with Gasteiger partial charge in [-0.3, -0.25) is 9.10 Å². The first-order valence-electron chi connectivity index (χ1n) is 10.6. The van der Waals surface area contributed by atoms with Gasteiger partial charge < -0.3 is 9.73 Å². The molecule has 0 saturated heterocycles. The number of anilines is 2. The normalized spacial score (nSPS) is 11.6. The summed E-state index contributed by atoms with van der Waals surface area (Å²) in [6, 6.07) is 25.4. The molecule has 176 valence electrons. The lowest BCUT2D eigenvalue weighted by Crippen LogP contribution is -2.38. The van der Waals surface area contributed by atoms with E-state index in [0.717, 1.165) is 20.7 Å². The molecule has 1 aromatic heterocycles. The average molecular weight is 525 g/mol. The van der Waals surface area contributed by atoms with Crippen molar-refractivity contribution in [3.8, 4) is 0 Å². The van der Waals surface area contributed by atoms with Crippen molar-refractivity contribution in [3.05, 3.63) is 101 Å². The maximum Gasteiger partial charge on any atom is 0.264 e. The minimum absolute atomic E-state index is 0.0209. The molecular weight excluding hydrogens is 507 g/mol. The predicted octanol–water partition coefficient (Wildman–Crippen LogP) is 6.73. The largest absolute Gasteiger partial charge is 0.456 e. The fourth-order valence-corrected chi connectivity index (χ4v) is 5.74. The summed E-state index contributed by atoms with van der Waals surface area (Å²) in [5.41, 5.74) is 1.92. The Labute approximate surface area is 211 Å². The number of hydrogen-bond donors (Lipinski definition) is 1. The number of furan rings is 1. The van der Waals surface area contributed by atoms with Crippen molar-refractivity contribution in [2.75, 3.05) is 16.2 Å². The second-order valence-corrected chi connectivity index (χ2v) is 10.4. The summed E-state index contributed by atoms with van der Waals surface area (Å²) < 4.78 is 33.8. The first-order valence-corrected chi connectivity index (χ1v) is 12.8. The summed E-state index contributed by atoms with van der Waals surface area (Å²) in [5, 5.41) is 4.85. The van der Waals surface area contributed by atoms with Gasteiger partial charge >= 0.3 is 0 Å². The van der Waals surface area contributed by atoms with Crippen LogP contribution >= 0.6 is 23.2 Å². The van der Waals surface area contributed by atoms with E-state index in [1.165, 1.54) is 18.2 Å². The lowest BCUT2D eigenvalue weighted by molar-refractivity contribution is -0.114. The molecule has 4 aromatic carbocycles. The Bertz CT molecular complexity index is 1670. The quantitative estimate of drug-likeness (QED) is 0.267. The average Bonchev–Trinajstić information content (AvgIpc) is 3.23. The van der Waals surface area contributed by atoms with Gasteiger partial charge in [0.05, 0.1) is 20.6 Å². The van der Waals surface area contributed by atoms with Crippen LogP contribution < -0.4 is 9.62 Å². The standard InChI is InChI=1S/C26H18Cl2N2O4S/c27-21-10-6-11-22(26(21)28)30(35(32,33)18-7-2-1-3-8-18)16-25(31)29-17-13-14-20-19-9-4-5-12-23(19)34-24(20)15-17/h1-15H,16H2,(H,29,31). The summed E-state index contributed by atoms with van der Waals surface area (Å²) in [6.07, 6.45) is 0. The van der Waals surface area contributed by atoms with Gasteiger partial charge in [0.2, 0.25) is 5.91 Å². The first kappa shape index (κ1) is 23.2. The van der Waals surface area contributed by atoms with Crippen LogP contribution in [0.2, 0.25) is 10.0 Å². The Morgan fingerprint density at radius 1 is 0.829 bits per heavy atom. The van der Waals surface area contributed by atoms with Crippen molar-refractivity contribution >= 4 is 72.4 Å². The van der Waals surface area contributed by atoms with Crippen molar-refractivity contribution in [3.63, 3.8) is 0 Å². The van der Waals surface area contributed by atoms with Crippen molar-refractivity contribution < 1.29 is 17.6 Å². The van der Waals surface area contributed by atoms with Gasteiger partial charge in [-0.1, -0.05) is 65.7 Å². The third-order valence-electron chi connectivity index (χ3n) is 5.48. The molecule has 5 aromatic rings. The lowest BCUT2D eigenvalue weighted by Gasteiger charge is -2.25. The van der Waals surface area contributed by atoms with Crippen LogP contribution in [-0.2, 0) is 14.8 Å². The monoisotopic (exact) mass is 524 g/mol. The molecule has 0 bridgehead atoms. The molecule has 35 heavy (non-hydrogen) atoms. The highest BCUT2D eigenvalue weighted by Gasteiger charge is 2.29. The highest BCUT2D eigenvalue weighted by molar-refractivity contribution is 7.92. The molecule has 0 radical (unpaired) electrons. The van der Waals surface area contributed by atoms with Crippen LogP contribution in [0.1, 0.15) is 0 Å². The smallest absolute Gasteiger partial charge is 0.264 e. The number of nitrogens with zero attached hydrogens (tertiary/aromatic N) is 1. The van der Waals surface area contributed by atoms with E-state index in [1.807, 2.05) is 30.3 Å². The van der Waals surface area contributed by atoms with Gasteiger partial charge in [-0.15, -0.1) is 0 Å². The van der Waals surface area contributed by atoms with Gasteiger partial charge in [-0.05, 0) is 42.5 Å². The Morgan fingerprint density at radius 2 is 1.54 bits per heavy atom. The van der Waals surface area contributed by atoms with E-state index in [4.69, 9.17) is 27.6 Å². The molecule has 1 N–H and O–H groups in total.